The fourth-order valence-corrected chi connectivity index (χ4v) is 2.97. The molecule has 27 heavy (non-hydrogen) atoms. The number of methoxy groups -OCH3 is 3. The Bertz CT molecular complexity index is 792. The van der Waals surface area contributed by atoms with Crippen LogP contribution in [0, 0.1) is 5.92 Å². The molecule has 2 aromatic rings. The molecule has 0 aromatic heterocycles. The molecule has 0 aliphatic heterocycles. The first-order valence-electron chi connectivity index (χ1n) is 9.11. The number of rotatable bonds is 8. The van der Waals surface area contributed by atoms with Crippen molar-refractivity contribution in [2.24, 2.45) is 5.92 Å². The van der Waals surface area contributed by atoms with Crippen LogP contribution in [0.25, 0.3) is 12.2 Å². The van der Waals surface area contributed by atoms with Crippen LogP contribution in [0.5, 0.6) is 11.5 Å². The Hall–Kier alpha value is -2.75. The molecular formula is C23H28O4. The van der Waals surface area contributed by atoms with Crippen LogP contribution < -0.4 is 9.47 Å². The Kier molecular flexibility index (Phi) is 7.47. The molecule has 2 rings (SSSR count). The van der Waals surface area contributed by atoms with Gasteiger partial charge in [-0.15, -0.1) is 0 Å². The Balaban J connectivity index is 2.60. The highest BCUT2D eigenvalue weighted by Gasteiger charge is 2.24. The highest BCUT2D eigenvalue weighted by molar-refractivity contribution is 5.98. The zero-order valence-corrected chi connectivity index (χ0v) is 16.7. The first-order valence-corrected chi connectivity index (χ1v) is 9.11. The Morgan fingerprint density at radius 2 is 1.74 bits per heavy atom. The van der Waals surface area contributed by atoms with Crippen LogP contribution in [0.3, 0.4) is 0 Å². The number of esters is 1. The van der Waals surface area contributed by atoms with Crippen LogP contribution in [0.2, 0.25) is 0 Å². The molecule has 0 bridgehead atoms. The molecule has 0 heterocycles. The number of hydrogen-bond acceptors (Lipinski definition) is 4. The average Bonchev–Trinajstić information content (AvgIpc) is 2.69. The third-order valence-electron chi connectivity index (χ3n) is 4.41. The van der Waals surface area contributed by atoms with Gasteiger partial charge in [0.2, 0.25) is 0 Å². The van der Waals surface area contributed by atoms with Gasteiger partial charge in [-0.2, -0.15) is 0 Å². The molecule has 0 saturated heterocycles. The molecule has 144 valence electrons. The van der Waals surface area contributed by atoms with Gasteiger partial charge in [0.1, 0.15) is 17.1 Å². The molecule has 0 unspecified atom stereocenters. The van der Waals surface area contributed by atoms with Crippen molar-refractivity contribution in [3.05, 3.63) is 58.7 Å². The fourth-order valence-electron chi connectivity index (χ4n) is 2.97. The number of benzene rings is 2. The van der Waals surface area contributed by atoms with Gasteiger partial charge in [0.25, 0.3) is 0 Å². The summed E-state index contributed by atoms with van der Waals surface area (Å²) < 4.78 is 16.3. The maximum Gasteiger partial charge on any atom is 0.342 e. The smallest absolute Gasteiger partial charge is 0.342 e. The van der Waals surface area contributed by atoms with E-state index in [1.807, 2.05) is 48.6 Å². The van der Waals surface area contributed by atoms with Crippen LogP contribution in [0.15, 0.2) is 36.4 Å². The molecule has 0 saturated carbocycles. The summed E-state index contributed by atoms with van der Waals surface area (Å²) in [6, 6.07) is 11.8. The normalized spacial score (nSPS) is 11.0. The molecular weight excluding hydrogens is 340 g/mol. The van der Waals surface area contributed by atoms with Gasteiger partial charge in [-0.1, -0.05) is 56.3 Å². The largest absolute Gasteiger partial charge is 0.496 e. The van der Waals surface area contributed by atoms with Gasteiger partial charge in [0, 0.05) is 5.56 Å². The molecule has 0 N–H and O–H groups in total. The van der Waals surface area contributed by atoms with Gasteiger partial charge in [0.05, 0.1) is 21.3 Å². The third kappa shape index (κ3) is 5.13. The summed E-state index contributed by atoms with van der Waals surface area (Å²) in [6.07, 6.45) is 5.57. The molecule has 2 aromatic carbocycles. The van der Waals surface area contributed by atoms with Gasteiger partial charge in [0.15, 0.2) is 0 Å². The topological polar surface area (TPSA) is 44.8 Å². The zero-order valence-electron chi connectivity index (χ0n) is 16.7. The van der Waals surface area contributed by atoms with E-state index in [1.165, 1.54) is 7.11 Å². The van der Waals surface area contributed by atoms with E-state index in [9.17, 15) is 4.79 Å². The summed E-state index contributed by atoms with van der Waals surface area (Å²) in [6.45, 7) is 4.33. The molecule has 0 radical (unpaired) electrons. The lowest BCUT2D eigenvalue weighted by Crippen LogP contribution is -2.10. The monoisotopic (exact) mass is 368 g/mol. The van der Waals surface area contributed by atoms with Crippen molar-refractivity contribution in [3.8, 4) is 11.5 Å². The minimum Gasteiger partial charge on any atom is -0.496 e. The van der Waals surface area contributed by atoms with Crippen molar-refractivity contribution < 1.29 is 19.0 Å². The Morgan fingerprint density at radius 1 is 1.04 bits per heavy atom. The maximum absolute atomic E-state index is 12.5. The molecule has 0 aliphatic rings. The second-order valence-corrected chi connectivity index (χ2v) is 6.72. The van der Waals surface area contributed by atoms with E-state index >= 15 is 0 Å². The van der Waals surface area contributed by atoms with E-state index in [-0.39, 0.29) is 0 Å². The number of carbonyl (C=O) groups excluding carboxylic acids is 1. The maximum atomic E-state index is 12.5. The van der Waals surface area contributed by atoms with Crippen molar-refractivity contribution in [1.82, 2.24) is 0 Å². The molecule has 0 atom stereocenters. The van der Waals surface area contributed by atoms with E-state index in [2.05, 4.69) is 13.8 Å². The minimum atomic E-state index is -0.423. The van der Waals surface area contributed by atoms with E-state index in [0.717, 1.165) is 24.0 Å². The highest BCUT2D eigenvalue weighted by atomic mass is 16.5. The van der Waals surface area contributed by atoms with Crippen molar-refractivity contribution >= 4 is 18.1 Å². The van der Waals surface area contributed by atoms with Gasteiger partial charge < -0.3 is 14.2 Å². The van der Waals surface area contributed by atoms with Crippen molar-refractivity contribution in [1.29, 1.82) is 0 Å². The van der Waals surface area contributed by atoms with Crippen molar-refractivity contribution in [2.45, 2.75) is 26.7 Å². The summed E-state index contributed by atoms with van der Waals surface area (Å²) >= 11 is 0. The first kappa shape index (κ1) is 20.6. The number of carbonyl (C=O) groups is 1. The molecule has 0 fully saturated rings. The minimum absolute atomic E-state index is 0.423. The van der Waals surface area contributed by atoms with Crippen LogP contribution >= 0.6 is 0 Å². The zero-order chi connectivity index (χ0) is 19.8. The average molecular weight is 368 g/mol. The lowest BCUT2D eigenvalue weighted by molar-refractivity contribution is 0.0596. The van der Waals surface area contributed by atoms with E-state index in [0.29, 0.717) is 28.5 Å². The molecule has 4 heteroatoms. The number of ether oxygens (including phenoxy) is 3. The predicted molar refractivity (Wildman–Crippen MR) is 109 cm³/mol. The summed E-state index contributed by atoms with van der Waals surface area (Å²) in [7, 11) is 4.59. The molecule has 0 aliphatic carbocycles. The van der Waals surface area contributed by atoms with E-state index in [4.69, 9.17) is 14.2 Å². The highest BCUT2D eigenvalue weighted by Crippen LogP contribution is 2.38. The van der Waals surface area contributed by atoms with Crippen molar-refractivity contribution in [2.75, 3.05) is 21.3 Å². The Morgan fingerprint density at radius 3 is 2.30 bits per heavy atom. The summed E-state index contributed by atoms with van der Waals surface area (Å²) in [5, 5.41) is 0. The summed E-state index contributed by atoms with van der Waals surface area (Å²) in [4.78, 5) is 12.5. The second-order valence-electron chi connectivity index (χ2n) is 6.72. The van der Waals surface area contributed by atoms with Crippen LogP contribution in [-0.2, 0) is 11.2 Å². The summed E-state index contributed by atoms with van der Waals surface area (Å²) in [5.41, 5.74) is 3.06. The summed E-state index contributed by atoms with van der Waals surface area (Å²) in [5.74, 6) is 1.34. The second kappa shape index (κ2) is 9.81. The van der Waals surface area contributed by atoms with Crippen LogP contribution in [0.1, 0.15) is 47.3 Å². The third-order valence-corrected chi connectivity index (χ3v) is 4.41. The van der Waals surface area contributed by atoms with Crippen LogP contribution in [0.4, 0.5) is 0 Å². The predicted octanol–water partition coefficient (Wildman–Crippen LogP) is 5.25. The molecule has 0 spiro atoms. The van der Waals surface area contributed by atoms with Gasteiger partial charge in [-0.05, 0) is 36.0 Å². The van der Waals surface area contributed by atoms with Crippen molar-refractivity contribution in [3.63, 3.8) is 0 Å². The van der Waals surface area contributed by atoms with Gasteiger partial charge in [-0.3, -0.25) is 0 Å². The van der Waals surface area contributed by atoms with Gasteiger partial charge >= 0.3 is 5.97 Å². The lowest BCUT2D eigenvalue weighted by atomic mass is 9.95. The first-order chi connectivity index (χ1) is 13.0. The Labute approximate surface area is 161 Å². The van der Waals surface area contributed by atoms with E-state index < -0.39 is 5.97 Å². The lowest BCUT2D eigenvalue weighted by Gasteiger charge is -2.19. The quantitative estimate of drug-likeness (QED) is 0.471. The number of hydrogen-bond donors (Lipinski definition) is 0. The van der Waals surface area contributed by atoms with Crippen LogP contribution in [-0.4, -0.2) is 27.3 Å². The van der Waals surface area contributed by atoms with E-state index in [1.54, 1.807) is 14.2 Å². The standard InChI is InChI=1S/C23H28O4/c1-16(2)11-14-19-20(25-3)15-18(13-12-17-9-7-6-8-10-17)21(22(19)26-4)23(24)27-5/h6-10,12-13,15-16H,11,14H2,1-5H3/b13-12+. The molecule has 0 amide bonds. The van der Waals surface area contributed by atoms with Gasteiger partial charge in [-0.25, -0.2) is 4.79 Å². The fraction of sp³-hybridized carbons (Fsp3) is 0.348. The SMILES string of the molecule is COC(=O)c1c(/C=C/c2ccccc2)cc(OC)c(CCC(C)C)c1OC. The molecule has 4 nitrogen and oxygen atoms in total.